The average molecular weight is 512 g/mol. The largest absolute Gasteiger partial charge is 0.480 e. The molecule has 1 unspecified atom stereocenters. The van der Waals surface area contributed by atoms with E-state index in [0.717, 1.165) is 69.4 Å². The van der Waals surface area contributed by atoms with Crippen molar-refractivity contribution in [2.24, 2.45) is 0 Å². The van der Waals surface area contributed by atoms with Crippen molar-refractivity contribution in [3.8, 4) is 0 Å². The predicted molar refractivity (Wildman–Crippen MR) is 139 cm³/mol. The number of likely N-dealkylation sites (tertiary alicyclic amines) is 1. The standard InChI is InChI=1S/C29H38FN3O4/c30-24-10-5-9-23(26(24)25-11-2-4-18-37-25)27(29(34)35)33-16-14-22(19-33)36-17-3-1-8-21-13-12-20-7-6-15-31-28(20)32-21/h5,9-10,12-13,22,25,27H,1-4,6-8,11,14-19H2,(H,31,32)(H,34,35)/t22-,25+,27?/m1/s1. The molecule has 37 heavy (non-hydrogen) atoms. The van der Waals surface area contributed by atoms with Gasteiger partial charge in [0.2, 0.25) is 0 Å². The number of anilines is 1. The summed E-state index contributed by atoms with van der Waals surface area (Å²) in [6, 6.07) is 8.16. The van der Waals surface area contributed by atoms with Crippen molar-refractivity contribution < 1.29 is 23.8 Å². The van der Waals surface area contributed by atoms with Crippen LogP contribution in [0.15, 0.2) is 30.3 Å². The van der Waals surface area contributed by atoms with Gasteiger partial charge >= 0.3 is 5.97 Å². The van der Waals surface area contributed by atoms with Crippen LogP contribution < -0.4 is 5.32 Å². The Labute approximate surface area is 218 Å². The second-order valence-corrected chi connectivity index (χ2v) is 10.4. The third-order valence-electron chi connectivity index (χ3n) is 7.79. The van der Waals surface area contributed by atoms with Gasteiger partial charge in [0.15, 0.2) is 0 Å². The molecule has 0 aliphatic carbocycles. The highest BCUT2D eigenvalue weighted by Crippen LogP contribution is 2.37. The summed E-state index contributed by atoms with van der Waals surface area (Å²) in [6.45, 7) is 3.34. The molecule has 3 aliphatic rings. The number of hydrogen-bond donors (Lipinski definition) is 2. The molecule has 1 aromatic heterocycles. The summed E-state index contributed by atoms with van der Waals surface area (Å²) < 4.78 is 26.9. The zero-order valence-corrected chi connectivity index (χ0v) is 21.5. The smallest absolute Gasteiger partial charge is 0.325 e. The van der Waals surface area contributed by atoms with E-state index in [9.17, 15) is 14.3 Å². The molecule has 2 N–H and O–H groups in total. The Morgan fingerprint density at radius 1 is 1.22 bits per heavy atom. The molecule has 7 nitrogen and oxygen atoms in total. The van der Waals surface area contributed by atoms with Gasteiger partial charge in [-0.05, 0) is 81.0 Å². The third-order valence-corrected chi connectivity index (χ3v) is 7.79. The van der Waals surface area contributed by atoms with Crippen LogP contribution in [0.25, 0.3) is 0 Å². The number of ether oxygens (including phenoxy) is 2. The lowest BCUT2D eigenvalue weighted by Crippen LogP contribution is -2.35. The normalized spacial score (nSPS) is 22.8. The number of halogens is 1. The summed E-state index contributed by atoms with van der Waals surface area (Å²) in [4.78, 5) is 19.1. The Bertz CT molecular complexity index is 1080. The fourth-order valence-corrected chi connectivity index (χ4v) is 5.88. The van der Waals surface area contributed by atoms with Gasteiger partial charge in [-0.15, -0.1) is 0 Å². The maximum Gasteiger partial charge on any atom is 0.325 e. The number of nitrogens with zero attached hydrogens (tertiary/aromatic N) is 2. The van der Waals surface area contributed by atoms with Gasteiger partial charge in [0.25, 0.3) is 0 Å². The fourth-order valence-electron chi connectivity index (χ4n) is 5.88. The zero-order chi connectivity index (χ0) is 25.6. The molecule has 5 rings (SSSR count). The van der Waals surface area contributed by atoms with Gasteiger partial charge in [-0.25, -0.2) is 9.37 Å². The van der Waals surface area contributed by atoms with Crippen LogP contribution in [-0.2, 0) is 27.1 Å². The molecule has 0 spiro atoms. The van der Waals surface area contributed by atoms with Gasteiger partial charge in [-0.1, -0.05) is 18.2 Å². The lowest BCUT2D eigenvalue weighted by atomic mass is 9.91. The van der Waals surface area contributed by atoms with Crippen LogP contribution in [0.5, 0.6) is 0 Å². The van der Waals surface area contributed by atoms with E-state index >= 15 is 0 Å². The first-order chi connectivity index (χ1) is 18.1. The van der Waals surface area contributed by atoms with Crippen molar-refractivity contribution in [3.05, 3.63) is 58.5 Å². The lowest BCUT2D eigenvalue weighted by Gasteiger charge is -2.30. The number of unbranched alkanes of at least 4 members (excludes halogenated alkanes) is 1. The molecular weight excluding hydrogens is 473 g/mol. The minimum atomic E-state index is -0.963. The Morgan fingerprint density at radius 3 is 2.97 bits per heavy atom. The second-order valence-electron chi connectivity index (χ2n) is 10.4. The van der Waals surface area contributed by atoms with Crippen LogP contribution in [0.2, 0.25) is 0 Å². The molecule has 0 radical (unpaired) electrons. The molecule has 8 heteroatoms. The van der Waals surface area contributed by atoms with E-state index in [1.165, 1.54) is 11.6 Å². The number of fused-ring (bicyclic) bond motifs is 1. The Balaban J connectivity index is 1.13. The molecule has 3 atom stereocenters. The SMILES string of the molecule is O=C(O)C(c1cccc(F)c1[C@@H]1CCCCO1)N1CC[C@@H](OCCCCc2ccc3c(n2)NCCC3)C1. The number of carbonyl (C=O) groups is 1. The number of rotatable bonds is 10. The summed E-state index contributed by atoms with van der Waals surface area (Å²) in [5.74, 6) is -0.308. The lowest BCUT2D eigenvalue weighted by molar-refractivity contribution is -0.143. The highest BCUT2D eigenvalue weighted by molar-refractivity contribution is 5.76. The van der Waals surface area contributed by atoms with Crippen molar-refractivity contribution in [1.29, 1.82) is 0 Å². The molecule has 0 bridgehead atoms. The van der Waals surface area contributed by atoms with Crippen LogP contribution in [-0.4, -0.2) is 59.9 Å². The highest BCUT2D eigenvalue weighted by Gasteiger charge is 2.37. The molecule has 200 valence electrons. The van der Waals surface area contributed by atoms with E-state index < -0.39 is 12.0 Å². The summed E-state index contributed by atoms with van der Waals surface area (Å²) >= 11 is 0. The number of hydrogen-bond acceptors (Lipinski definition) is 6. The molecule has 4 heterocycles. The van der Waals surface area contributed by atoms with E-state index in [-0.39, 0.29) is 18.0 Å². The van der Waals surface area contributed by atoms with Gasteiger partial charge < -0.3 is 19.9 Å². The van der Waals surface area contributed by atoms with Crippen molar-refractivity contribution in [3.63, 3.8) is 0 Å². The molecule has 3 aliphatic heterocycles. The number of pyridine rings is 1. The van der Waals surface area contributed by atoms with E-state index in [1.54, 1.807) is 12.1 Å². The van der Waals surface area contributed by atoms with Gasteiger partial charge in [-0.2, -0.15) is 0 Å². The van der Waals surface area contributed by atoms with E-state index in [1.807, 2.05) is 4.90 Å². The molecule has 2 fully saturated rings. The Hall–Kier alpha value is -2.55. The number of carboxylic acid groups (broad SMARTS) is 1. The van der Waals surface area contributed by atoms with E-state index in [4.69, 9.17) is 14.5 Å². The quantitative estimate of drug-likeness (QED) is 0.432. The maximum absolute atomic E-state index is 14.9. The highest BCUT2D eigenvalue weighted by atomic mass is 19.1. The van der Waals surface area contributed by atoms with Gasteiger partial charge in [0.05, 0.1) is 12.2 Å². The van der Waals surface area contributed by atoms with Gasteiger partial charge in [-0.3, -0.25) is 9.69 Å². The summed E-state index contributed by atoms with van der Waals surface area (Å²) in [7, 11) is 0. The number of aryl methyl sites for hydroxylation is 2. The second kappa shape index (κ2) is 12.3. The molecule has 2 saturated heterocycles. The first kappa shape index (κ1) is 26.1. The van der Waals surface area contributed by atoms with Crippen molar-refractivity contribution in [2.45, 2.75) is 76.0 Å². The maximum atomic E-state index is 14.9. The summed E-state index contributed by atoms with van der Waals surface area (Å²) in [5.41, 5.74) is 3.33. The van der Waals surface area contributed by atoms with Crippen LogP contribution >= 0.6 is 0 Å². The van der Waals surface area contributed by atoms with Crippen molar-refractivity contribution in [2.75, 3.05) is 38.2 Å². The van der Waals surface area contributed by atoms with Crippen molar-refractivity contribution >= 4 is 11.8 Å². The van der Waals surface area contributed by atoms with Crippen molar-refractivity contribution in [1.82, 2.24) is 9.88 Å². The first-order valence-corrected chi connectivity index (χ1v) is 13.8. The van der Waals surface area contributed by atoms with Gasteiger partial charge in [0.1, 0.15) is 17.7 Å². The number of aliphatic carboxylic acids is 1. The molecular formula is C29H38FN3O4. The zero-order valence-electron chi connectivity index (χ0n) is 21.5. The van der Waals surface area contributed by atoms with Crippen LogP contribution in [0.4, 0.5) is 10.2 Å². The molecule has 1 aromatic carbocycles. The first-order valence-electron chi connectivity index (χ1n) is 13.8. The predicted octanol–water partition coefficient (Wildman–Crippen LogP) is 5.06. The van der Waals surface area contributed by atoms with E-state index in [2.05, 4.69) is 17.4 Å². The summed E-state index contributed by atoms with van der Waals surface area (Å²) in [5, 5.41) is 13.5. The van der Waals surface area contributed by atoms with Crippen LogP contribution in [0, 0.1) is 5.82 Å². The Morgan fingerprint density at radius 2 is 2.14 bits per heavy atom. The van der Waals surface area contributed by atoms with Crippen LogP contribution in [0.1, 0.15) is 79.5 Å². The molecule has 0 saturated carbocycles. The topological polar surface area (TPSA) is 83.9 Å². The van der Waals surface area contributed by atoms with Crippen LogP contribution in [0.3, 0.4) is 0 Å². The van der Waals surface area contributed by atoms with Gasteiger partial charge in [0, 0.05) is 44.1 Å². The average Bonchev–Trinajstić information content (AvgIpc) is 3.37. The monoisotopic (exact) mass is 511 g/mol. The minimum absolute atomic E-state index is 0.0177. The molecule has 2 aromatic rings. The number of benzene rings is 1. The number of carboxylic acids is 1. The third kappa shape index (κ3) is 6.30. The number of aromatic nitrogens is 1. The summed E-state index contributed by atoms with van der Waals surface area (Å²) in [6.07, 6.45) is 8.08. The number of nitrogens with one attached hydrogen (secondary N) is 1. The fraction of sp³-hybridized carbons (Fsp3) is 0.586. The Kier molecular flexibility index (Phi) is 8.69. The molecule has 0 amide bonds. The minimum Gasteiger partial charge on any atom is -0.480 e. The van der Waals surface area contributed by atoms with E-state index in [0.29, 0.717) is 43.9 Å².